The van der Waals surface area contributed by atoms with E-state index in [1.807, 2.05) is 37.3 Å². The first-order chi connectivity index (χ1) is 13.1. The third kappa shape index (κ3) is 2.38. The van der Waals surface area contributed by atoms with Crippen LogP contribution in [-0.2, 0) is 0 Å². The number of H-pyrrole nitrogens is 1. The van der Waals surface area contributed by atoms with Crippen LogP contribution in [0.3, 0.4) is 0 Å². The van der Waals surface area contributed by atoms with Crippen LogP contribution in [0.25, 0.3) is 10.8 Å². The minimum Gasteiger partial charge on any atom is -0.496 e. The van der Waals surface area contributed by atoms with Crippen molar-refractivity contribution in [2.24, 2.45) is 5.73 Å². The fourth-order valence-electron chi connectivity index (χ4n) is 3.67. The number of rotatable bonds is 3. The van der Waals surface area contributed by atoms with Gasteiger partial charge in [0.05, 0.1) is 20.1 Å². The van der Waals surface area contributed by atoms with Gasteiger partial charge < -0.3 is 19.9 Å². The van der Waals surface area contributed by atoms with E-state index < -0.39 is 5.92 Å². The van der Waals surface area contributed by atoms with Crippen molar-refractivity contribution >= 4 is 10.8 Å². The highest BCUT2D eigenvalue weighted by molar-refractivity contribution is 5.97. The van der Waals surface area contributed by atoms with E-state index in [0.717, 1.165) is 33.3 Å². The number of ether oxygens (including phenoxy) is 3. The molecule has 2 aromatic carbocycles. The number of aryl methyl sites for hydroxylation is 1. The normalized spacial score (nSPS) is 15.9. The highest BCUT2D eigenvalue weighted by Crippen LogP contribution is 2.47. The number of fused-ring (bicyclic) bond motifs is 2. The SMILES string of the molecule is COc1ccc([C@H]2C(C#N)=C(N)Oc3n[nH]c(C)c32)c2c(OC)cccc12. The molecule has 27 heavy (non-hydrogen) atoms. The van der Waals surface area contributed by atoms with Gasteiger partial charge in [0.15, 0.2) is 0 Å². The molecule has 3 aromatic rings. The Morgan fingerprint density at radius 1 is 1.19 bits per heavy atom. The standard InChI is InChI=1S/C20H18N4O3/c1-10-16-18(13(9-21)19(22)27-20(16)24-23-10)12-7-8-14(25-2)11-5-4-6-15(26-3)17(11)12/h4-8,18H,22H2,1-3H3,(H,23,24)/t18-/m0/s1. The monoisotopic (exact) mass is 362 g/mol. The second-order valence-corrected chi connectivity index (χ2v) is 6.23. The van der Waals surface area contributed by atoms with Crippen LogP contribution in [0, 0.1) is 18.3 Å². The van der Waals surface area contributed by atoms with E-state index in [1.165, 1.54) is 0 Å². The maximum Gasteiger partial charge on any atom is 0.244 e. The summed E-state index contributed by atoms with van der Waals surface area (Å²) in [6.45, 7) is 1.89. The molecule has 0 bridgehead atoms. The molecule has 0 spiro atoms. The molecule has 0 radical (unpaired) electrons. The van der Waals surface area contributed by atoms with E-state index in [9.17, 15) is 5.26 Å². The van der Waals surface area contributed by atoms with Gasteiger partial charge in [0.1, 0.15) is 23.1 Å². The summed E-state index contributed by atoms with van der Waals surface area (Å²) >= 11 is 0. The number of nitrogens with zero attached hydrogens (tertiary/aromatic N) is 2. The largest absolute Gasteiger partial charge is 0.496 e. The van der Waals surface area contributed by atoms with Gasteiger partial charge in [-0.2, -0.15) is 5.26 Å². The lowest BCUT2D eigenvalue weighted by molar-refractivity contribution is 0.378. The van der Waals surface area contributed by atoms with Crippen molar-refractivity contribution in [2.75, 3.05) is 14.2 Å². The molecule has 0 amide bonds. The molecule has 0 unspecified atom stereocenters. The minimum absolute atomic E-state index is 0.0559. The molecule has 4 rings (SSSR count). The van der Waals surface area contributed by atoms with Gasteiger partial charge in [0.25, 0.3) is 0 Å². The Balaban J connectivity index is 2.11. The molecule has 7 heteroatoms. The average molecular weight is 362 g/mol. The molecule has 1 aromatic heterocycles. The lowest BCUT2D eigenvalue weighted by Crippen LogP contribution is -2.21. The van der Waals surface area contributed by atoms with Crippen LogP contribution in [0.5, 0.6) is 17.4 Å². The Hall–Kier alpha value is -3.66. The van der Waals surface area contributed by atoms with Crippen molar-refractivity contribution < 1.29 is 14.2 Å². The van der Waals surface area contributed by atoms with Gasteiger partial charge in [-0.3, -0.25) is 5.10 Å². The summed E-state index contributed by atoms with van der Waals surface area (Å²) in [4.78, 5) is 0. The molecular formula is C20H18N4O3. The van der Waals surface area contributed by atoms with Crippen molar-refractivity contribution in [1.29, 1.82) is 5.26 Å². The second kappa shape index (κ2) is 6.25. The Bertz CT molecular complexity index is 1120. The molecule has 3 N–H and O–H groups in total. The zero-order chi connectivity index (χ0) is 19.1. The summed E-state index contributed by atoms with van der Waals surface area (Å²) in [6, 6.07) is 11.8. The second-order valence-electron chi connectivity index (χ2n) is 6.23. The summed E-state index contributed by atoms with van der Waals surface area (Å²) in [6.07, 6.45) is 0. The van der Waals surface area contributed by atoms with Gasteiger partial charge in [0, 0.05) is 22.0 Å². The van der Waals surface area contributed by atoms with Gasteiger partial charge in [-0.25, -0.2) is 0 Å². The van der Waals surface area contributed by atoms with Crippen molar-refractivity contribution in [2.45, 2.75) is 12.8 Å². The number of aromatic nitrogens is 2. The number of nitriles is 1. The van der Waals surface area contributed by atoms with Crippen LogP contribution >= 0.6 is 0 Å². The summed E-state index contributed by atoms with van der Waals surface area (Å²) in [5.41, 5.74) is 8.85. The Morgan fingerprint density at radius 2 is 1.96 bits per heavy atom. The van der Waals surface area contributed by atoms with E-state index in [4.69, 9.17) is 19.9 Å². The first-order valence-corrected chi connectivity index (χ1v) is 8.36. The Kier molecular flexibility index (Phi) is 3.89. The van der Waals surface area contributed by atoms with Crippen molar-refractivity contribution in [3.8, 4) is 23.4 Å². The average Bonchev–Trinajstić information content (AvgIpc) is 3.05. The number of nitrogens with two attached hydrogens (primary N) is 1. The molecular weight excluding hydrogens is 344 g/mol. The number of methoxy groups -OCH3 is 2. The third-order valence-electron chi connectivity index (χ3n) is 4.87. The van der Waals surface area contributed by atoms with Crippen LogP contribution in [0.1, 0.15) is 22.7 Å². The maximum absolute atomic E-state index is 9.79. The Morgan fingerprint density at radius 3 is 2.67 bits per heavy atom. The molecule has 0 fully saturated rings. The highest BCUT2D eigenvalue weighted by Gasteiger charge is 2.35. The molecule has 1 atom stereocenters. The number of benzene rings is 2. The molecule has 0 aliphatic carbocycles. The smallest absolute Gasteiger partial charge is 0.244 e. The zero-order valence-electron chi connectivity index (χ0n) is 15.2. The van der Waals surface area contributed by atoms with E-state index in [0.29, 0.717) is 17.2 Å². The maximum atomic E-state index is 9.79. The van der Waals surface area contributed by atoms with Crippen LogP contribution in [0.15, 0.2) is 41.8 Å². The minimum atomic E-state index is -0.429. The number of hydrogen-bond donors (Lipinski definition) is 2. The van der Waals surface area contributed by atoms with Gasteiger partial charge in [-0.1, -0.05) is 18.2 Å². The summed E-state index contributed by atoms with van der Waals surface area (Å²) in [5, 5.41) is 18.6. The number of allylic oxidation sites excluding steroid dienone is 1. The Labute approximate surface area is 155 Å². The number of nitrogens with one attached hydrogen (secondary N) is 1. The number of aromatic amines is 1. The third-order valence-corrected chi connectivity index (χ3v) is 4.87. The molecule has 136 valence electrons. The molecule has 0 saturated heterocycles. The van der Waals surface area contributed by atoms with Crippen LogP contribution in [-0.4, -0.2) is 24.4 Å². The molecule has 2 heterocycles. The van der Waals surface area contributed by atoms with Gasteiger partial charge in [-0.15, -0.1) is 5.10 Å². The predicted octanol–water partition coefficient (Wildman–Crippen LogP) is 3.11. The fourth-order valence-corrected chi connectivity index (χ4v) is 3.67. The van der Waals surface area contributed by atoms with Gasteiger partial charge >= 0.3 is 0 Å². The van der Waals surface area contributed by atoms with E-state index in [1.54, 1.807) is 14.2 Å². The van der Waals surface area contributed by atoms with Crippen molar-refractivity contribution in [3.63, 3.8) is 0 Å². The van der Waals surface area contributed by atoms with E-state index in [-0.39, 0.29) is 5.88 Å². The summed E-state index contributed by atoms with van der Waals surface area (Å²) < 4.78 is 16.7. The van der Waals surface area contributed by atoms with Crippen LogP contribution < -0.4 is 19.9 Å². The van der Waals surface area contributed by atoms with E-state index >= 15 is 0 Å². The molecule has 7 nitrogen and oxygen atoms in total. The zero-order valence-corrected chi connectivity index (χ0v) is 15.2. The van der Waals surface area contributed by atoms with Gasteiger partial charge in [-0.05, 0) is 24.6 Å². The molecule has 1 aliphatic heterocycles. The van der Waals surface area contributed by atoms with Crippen molar-refractivity contribution in [3.05, 3.63) is 58.6 Å². The summed E-state index contributed by atoms with van der Waals surface area (Å²) in [7, 11) is 3.24. The summed E-state index contributed by atoms with van der Waals surface area (Å²) in [5.74, 6) is 1.42. The van der Waals surface area contributed by atoms with Crippen LogP contribution in [0.2, 0.25) is 0 Å². The quantitative estimate of drug-likeness (QED) is 0.741. The lowest BCUT2D eigenvalue weighted by atomic mass is 9.81. The topological polar surface area (TPSA) is 106 Å². The van der Waals surface area contributed by atoms with Gasteiger partial charge in [0.2, 0.25) is 11.8 Å². The fraction of sp³-hybridized carbons (Fsp3) is 0.200. The molecule has 1 aliphatic rings. The predicted molar refractivity (Wildman–Crippen MR) is 99.7 cm³/mol. The highest BCUT2D eigenvalue weighted by atomic mass is 16.5. The first-order valence-electron chi connectivity index (χ1n) is 8.36. The lowest BCUT2D eigenvalue weighted by Gasteiger charge is -2.25. The molecule has 0 saturated carbocycles. The van der Waals surface area contributed by atoms with Crippen LogP contribution in [0.4, 0.5) is 0 Å². The first kappa shape index (κ1) is 16.8. The van der Waals surface area contributed by atoms with E-state index in [2.05, 4.69) is 16.3 Å². The number of hydrogen-bond acceptors (Lipinski definition) is 6. The van der Waals surface area contributed by atoms with Crippen molar-refractivity contribution in [1.82, 2.24) is 10.2 Å².